The van der Waals surface area contributed by atoms with Crippen molar-refractivity contribution in [1.29, 1.82) is 0 Å². The number of fused-ring (bicyclic) bond motifs is 1. The molecule has 2 aromatic carbocycles. The number of hydrogen-bond donors (Lipinski definition) is 0. The van der Waals surface area contributed by atoms with Gasteiger partial charge in [-0.2, -0.15) is 4.89 Å². The number of allylic oxidation sites excluding steroid dienone is 3. The van der Waals surface area contributed by atoms with Crippen molar-refractivity contribution >= 4 is 30.2 Å². The molecule has 7 nitrogen and oxygen atoms in total. The Morgan fingerprint density at radius 2 is 1.37 bits per heavy atom. The number of piperidine rings is 1. The van der Waals surface area contributed by atoms with E-state index < -0.39 is 29.5 Å². The van der Waals surface area contributed by atoms with Crippen LogP contribution in [-0.2, 0) is 24.1 Å². The molecule has 0 aromatic heterocycles. The molecule has 1 aliphatic carbocycles. The van der Waals surface area contributed by atoms with Crippen molar-refractivity contribution in [1.82, 2.24) is 4.90 Å². The van der Waals surface area contributed by atoms with Gasteiger partial charge in [0.2, 0.25) is 11.5 Å². The topological polar surface area (TPSA) is 68.1 Å². The number of Topliss-reactive ketones (excluding diaryl/α,β-unsaturated/α-hetero) is 2. The number of benzene rings is 2. The standard InChI is InChI=1S/C38H45F2N2O5.BF4/c1-8-41(9-2)31(26-13-17-28(39)18-14-26)11-10-12-32(27-15-19-29(40)20-16-27)42-23-21-37(22-24-42)25-30-33(43)35(3,4)34(44)36(5,6)38(30,45-7)47-46-37;2-1(3,4)5/h10-20,25H,8-9,21-24H2,1-7H3;/q+1;-1. The number of hydrogen-bond acceptors (Lipinski definition) is 6. The minimum atomic E-state index is -6.00. The van der Waals surface area contributed by atoms with Crippen molar-refractivity contribution in [3.8, 4) is 0 Å². The average molecular weight is 735 g/mol. The highest BCUT2D eigenvalue weighted by Crippen LogP contribution is 2.55. The van der Waals surface area contributed by atoms with Gasteiger partial charge in [0.25, 0.3) is 0 Å². The summed E-state index contributed by atoms with van der Waals surface area (Å²) >= 11 is 0. The van der Waals surface area contributed by atoms with Gasteiger partial charge in [-0.3, -0.25) is 9.59 Å². The third-order valence-corrected chi connectivity index (χ3v) is 9.99. The van der Waals surface area contributed by atoms with Crippen LogP contribution in [0.2, 0.25) is 0 Å². The molecule has 5 rings (SSSR count). The number of carbonyl (C=O) groups excluding carboxylic acids is 2. The highest BCUT2D eigenvalue weighted by molar-refractivity contribution is 6.50. The molecule has 1 spiro atoms. The first kappa shape index (κ1) is 40.8. The molecule has 14 heteroatoms. The Hall–Kier alpha value is -4.01. The van der Waals surface area contributed by atoms with Crippen LogP contribution in [-0.4, -0.2) is 78.7 Å². The van der Waals surface area contributed by atoms with Crippen LogP contribution in [0.4, 0.5) is 26.0 Å². The average Bonchev–Trinajstić information content (AvgIpc) is 3.09. The predicted octanol–water partition coefficient (Wildman–Crippen LogP) is 7.97. The molecule has 2 aliphatic heterocycles. The van der Waals surface area contributed by atoms with Gasteiger partial charge in [0, 0.05) is 50.4 Å². The van der Waals surface area contributed by atoms with Crippen LogP contribution < -0.4 is 0 Å². The van der Waals surface area contributed by atoms with Crippen molar-refractivity contribution in [2.75, 3.05) is 33.3 Å². The Morgan fingerprint density at radius 1 is 0.865 bits per heavy atom. The smallest absolute Gasteiger partial charge is 0.418 e. The van der Waals surface area contributed by atoms with E-state index in [0.29, 0.717) is 31.5 Å². The molecule has 1 saturated heterocycles. The maximum Gasteiger partial charge on any atom is 0.673 e. The number of carbonyl (C=O) groups is 2. The summed E-state index contributed by atoms with van der Waals surface area (Å²) in [6, 6.07) is 12.9. The van der Waals surface area contributed by atoms with Gasteiger partial charge in [-0.15, -0.1) is 0 Å². The predicted molar refractivity (Wildman–Crippen MR) is 187 cm³/mol. The minimum absolute atomic E-state index is 0.272. The highest BCUT2D eigenvalue weighted by Gasteiger charge is 2.69. The molecule has 0 bridgehead atoms. The summed E-state index contributed by atoms with van der Waals surface area (Å²) in [7, 11) is -4.58. The van der Waals surface area contributed by atoms with E-state index in [1.165, 1.54) is 31.4 Å². The Balaban J connectivity index is 0.00000113. The SMILES string of the molecule is CCN(CC)/C(=C/C=C/C(c1ccc(F)cc1)=[N+]1CCC2(C=C3C(=O)C(C)(C)C(=O)C(C)(C)C3(OC)OO2)CC1)c1ccc(F)cc1.F[B-](F)(F)F. The van der Waals surface area contributed by atoms with Gasteiger partial charge < -0.3 is 26.9 Å². The molecule has 1 saturated carbocycles. The summed E-state index contributed by atoms with van der Waals surface area (Å²) in [6.45, 7) is 13.6. The number of ether oxygens (including phenoxy) is 1. The fourth-order valence-electron chi connectivity index (χ4n) is 7.15. The second-order valence-corrected chi connectivity index (χ2v) is 14.0. The summed E-state index contributed by atoms with van der Waals surface area (Å²) in [6.07, 6.45) is 8.80. The zero-order chi connectivity index (χ0) is 38.7. The van der Waals surface area contributed by atoms with Crippen LogP contribution in [0, 0.1) is 22.5 Å². The van der Waals surface area contributed by atoms with Gasteiger partial charge in [-0.05, 0) is 108 Å². The first-order chi connectivity index (χ1) is 24.2. The Kier molecular flexibility index (Phi) is 12.2. The molecule has 0 radical (unpaired) electrons. The molecule has 0 amide bonds. The lowest BCUT2D eigenvalue weighted by Gasteiger charge is -2.54. The molecule has 0 N–H and O–H groups in total. The quantitative estimate of drug-likeness (QED) is 0.0685. The number of nitrogens with zero attached hydrogens (tertiary/aromatic N) is 2. The molecule has 2 aromatic rings. The summed E-state index contributed by atoms with van der Waals surface area (Å²) in [4.78, 5) is 41.4. The number of rotatable bonds is 8. The van der Waals surface area contributed by atoms with E-state index in [0.717, 1.165) is 35.6 Å². The van der Waals surface area contributed by atoms with E-state index in [4.69, 9.17) is 14.5 Å². The summed E-state index contributed by atoms with van der Waals surface area (Å²) in [5.41, 5.74) is 0.616. The van der Waals surface area contributed by atoms with Gasteiger partial charge in [-0.25, -0.2) is 18.2 Å². The number of ketones is 2. The molecular weight excluding hydrogens is 689 g/mol. The third kappa shape index (κ3) is 8.29. The van der Waals surface area contributed by atoms with Gasteiger partial charge in [-0.1, -0.05) is 6.08 Å². The van der Waals surface area contributed by atoms with Crippen LogP contribution in [0.15, 0.2) is 78.4 Å². The lowest BCUT2D eigenvalue weighted by Crippen LogP contribution is -2.67. The van der Waals surface area contributed by atoms with Gasteiger partial charge >= 0.3 is 7.25 Å². The van der Waals surface area contributed by atoms with E-state index in [1.807, 2.05) is 24.3 Å². The number of halogens is 6. The molecular formula is C38H45BF6N2O5. The van der Waals surface area contributed by atoms with E-state index >= 15 is 0 Å². The Morgan fingerprint density at radius 3 is 1.85 bits per heavy atom. The summed E-state index contributed by atoms with van der Waals surface area (Å²) in [5, 5.41) is 0. The van der Waals surface area contributed by atoms with E-state index in [-0.39, 0.29) is 23.2 Å². The summed E-state index contributed by atoms with van der Waals surface area (Å²) < 4.78 is 74.7. The van der Waals surface area contributed by atoms with Crippen molar-refractivity contribution < 1.29 is 54.7 Å². The van der Waals surface area contributed by atoms with Gasteiger partial charge in [0.05, 0.1) is 16.4 Å². The second-order valence-electron chi connectivity index (χ2n) is 14.0. The zero-order valence-corrected chi connectivity index (χ0v) is 30.5. The first-order valence-corrected chi connectivity index (χ1v) is 17.1. The molecule has 1 atom stereocenters. The van der Waals surface area contributed by atoms with E-state index in [9.17, 15) is 35.6 Å². The van der Waals surface area contributed by atoms with Crippen LogP contribution in [0.1, 0.15) is 65.5 Å². The summed E-state index contributed by atoms with van der Waals surface area (Å²) in [5.74, 6) is -2.86. The van der Waals surface area contributed by atoms with E-state index in [2.05, 4.69) is 23.3 Å². The van der Waals surface area contributed by atoms with Crippen LogP contribution in [0.3, 0.4) is 0 Å². The first-order valence-electron chi connectivity index (χ1n) is 17.1. The van der Waals surface area contributed by atoms with E-state index in [1.54, 1.807) is 52.0 Å². The molecule has 282 valence electrons. The third-order valence-electron chi connectivity index (χ3n) is 9.99. The van der Waals surface area contributed by atoms with Gasteiger partial charge in [0.15, 0.2) is 11.6 Å². The number of methoxy groups -OCH3 is 1. The minimum Gasteiger partial charge on any atom is -0.418 e. The Bertz CT molecular complexity index is 1750. The maximum absolute atomic E-state index is 14.0. The largest absolute Gasteiger partial charge is 0.673 e. The molecule has 52 heavy (non-hydrogen) atoms. The van der Waals surface area contributed by atoms with Crippen LogP contribution >= 0.6 is 0 Å². The van der Waals surface area contributed by atoms with Crippen LogP contribution in [0.25, 0.3) is 5.70 Å². The zero-order valence-electron chi connectivity index (χ0n) is 30.5. The lowest BCUT2D eigenvalue weighted by molar-refractivity contribution is -0.561. The fraction of sp³-hybridized carbons (Fsp3) is 0.447. The molecule has 3 aliphatic rings. The lowest BCUT2D eigenvalue weighted by atomic mass is 9.57. The normalized spacial score (nSPS) is 24.3. The fourth-order valence-corrected chi connectivity index (χ4v) is 7.15. The maximum atomic E-state index is 14.0. The molecule has 2 fully saturated rings. The van der Waals surface area contributed by atoms with Crippen molar-refractivity contribution in [2.24, 2.45) is 10.8 Å². The van der Waals surface area contributed by atoms with Crippen molar-refractivity contribution in [3.63, 3.8) is 0 Å². The molecule has 2 heterocycles. The van der Waals surface area contributed by atoms with Crippen LogP contribution in [0.5, 0.6) is 0 Å². The second kappa shape index (κ2) is 15.5. The highest BCUT2D eigenvalue weighted by atomic mass is 19.5. The molecule has 1 unspecified atom stereocenters. The Labute approximate surface area is 300 Å². The van der Waals surface area contributed by atoms with Gasteiger partial charge in [0.1, 0.15) is 30.3 Å². The monoisotopic (exact) mass is 734 g/mol. The van der Waals surface area contributed by atoms with Crippen molar-refractivity contribution in [2.45, 2.75) is 65.8 Å². The van der Waals surface area contributed by atoms with Crippen molar-refractivity contribution in [3.05, 3.63) is 101 Å².